The van der Waals surface area contributed by atoms with Crippen molar-refractivity contribution in [1.82, 2.24) is 9.97 Å². The van der Waals surface area contributed by atoms with E-state index in [-0.39, 0.29) is 0 Å². The van der Waals surface area contributed by atoms with Gasteiger partial charge >= 0.3 is 0 Å². The molecule has 0 N–H and O–H groups in total. The van der Waals surface area contributed by atoms with Gasteiger partial charge in [0, 0.05) is 13.1 Å². The number of rotatable bonds is 2. The molecule has 1 aromatic heterocycles. The zero-order valence-electron chi connectivity index (χ0n) is 10.4. The van der Waals surface area contributed by atoms with Crippen LogP contribution < -0.4 is 4.90 Å². The van der Waals surface area contributed by atoms with E-state index in [1.807, 2.05) is 7.05 Å². The summed E-state index contributed by atoms with van der Waals surface area (Å²) in [5.74, 6) is 1.43. The number of hydrogen-bond donors (Lipinski definition) is 0. The Morgan fingerprint density at radius 3 is 2.88 bits per heavy atom. The van der Waals surface area contributed by atoms with Gasteiger partial charge < -0.3 is 4.90 Å². The lowest BCUT2D eigenvalue weighted by Crippen LogP contribution is -2.39. The highest BCUT2D eigenvalue weighted by atomic mass is 15.2. The van der Waals surface area contributed by atoms with E-state index in [1.54, 1.807) is 6.20 Å². The molecule has 0 bridgehead atoms. The molecule has 0 spiro atoms. The normalized spacial score (nSPS) is 24.1. The Labute approximate surface area is 102 Å². The molecular formula is C13H18N4. The van der Waals surface area contributed by atoms with E-state index < -0.39 is 0 Å². The second kappa shape index (κ2) is 5.13. The van der Waals surface area contributed by atoms with Crippen LogP contribution in [0.5, 0.6) is 0 Å². The summed E-state index contributed by atoms with van der Waals surface area (Å²) < 4.78 is 0. The van der Waals surface area contributed by atoms with E-state index >= 15 is 0 Å². The molecule has 0 radical (unpaired) electrons. The summed E-state index contributed by atoms with van der Waals surface area (Å²) in [6.45, 7) is 2.29. The van der Waals surface area contributed by atoms with Crippen molar-refractivity contribution in [3.63, 3.8) is 0 Å². The molecule has 0 saturated heterocycles. The standard InChI is InChI=1S/C13H18N4/c1-10-5-3-4-6-12(10)17(2)13-11(7-14)8-15-9-16-13/h8-10,12H,3-6H2,1-2H3. The van der Waals surface area contributed by atoms with Crippen LogP contribution in [-0.2, 0) is 0 Å². The SMILES string of the molecule is CC1CCCCC1N(C)c1ncncc1C#N. The fourth-order valence-corrected chi connectivity index (χ4v) is 2.71. The smallest absolute Gasteiger partial charge is 0.149 e. The Hall–Kier alpha value is -1.63. The third-order valence-corrected chi connectivity index (χ3v) is 3.71. The van der Waals surface area contributed by atoms with Gasteiger partial charge in [-0.1, -0.05) is 19.8 Å². The van der Waals surface area contributed by atoms with Crippen LogP contribution in [0.1, 0.15) is 38.2 Å². The highest BCUT2D eigenvalue weighted by Gasteiger charge is 2.26. The quantitative estimate of drug-likeness (QED) is 0.782. The summed E-state index contributed by atoms with van der Waals surface area (Å²) in [5, 5.41) is 9.07. The summed E-state index contributed by atoms with van der Waals surface area (Å²) in [5.41, 5.74) is 0.563. The third-order valence-electron chi connectivity index (χ3n) is 3.71. The predicted molar refractivity (Wildman–Crippen MR) is 66.6 cm³/mol. The second-order valence-electron chi connectivity index (χ2n) is 4.81. The maximum Gasteiger partial charge on any atom is 0.149 e. The van der Waals surface area contributed by atoms with Gasteiger partial charge in [0.1, 0.15) is 23.8 Å². The Morgan fingerprint density at radius 2 is 2.18 bits per heavy atom. The molecule has 1 saturated carbocycles. The van der Waals surface area contributed by atoms with Crippen LogP contribution in [-0.4, -0.2) is 23.1 Å². The highest BCUT2D eigenvalue weighted by molar-refractivity contribution is 5.52. The first-order chi connectivity index (χ1) is 8.24. The number of hydrogen-bond acceptors (Lipinski definition) is 4. The van der Waals surface area contributed by atoms with Crippen molar-refractivity contribution in [3.8, 4) is 6.07 Å². The van der Waals surface area contributed by atoms with Crippen molar-refractivity contribution in [3.05, 3.63) is 18.1 Å². The first-order valence-electron chi connectivity index (χ1n) is 6.17. The molecule has 0 aliphatic heterocycles. The van der Waals surface area contributed by atoms with Crippen molar-refractivity contribution in [2.24, 2.45) is 5.92 Å². The monoisotopic (exact) mass is 230 g/mol. The van der Waals surface area contributed by atoms with E-state index in [4.69, 9.17) is 5.26 Å². The van der Waals surface area contributed by atoms with Gasteiger partial charge in [0.05, 0.1) is 6.20 Å². The van der Waals surface area contributed by atoms with Crippen molar-refractivity contribution < 1.29 is 0 Å². The molecule has 0 amide bonds. The summed E-state index contributed by atoms with van der Waals surface area (Å²) in [6.07, 6.45) is 8.15. The topological polar surface area (TPSA) is 52.8 Å². The van der Waals surface area contributed by atoms with Gasteiger partial charge in [-0.3, -0.25) is 0 Å². The van der Waals surface area contributed by atoms with Crippen molar-refractivity contribution in [1.29, 1.82) is 5.26 Å². The molecule has 0 aromatic carbocycles. The molecule has 4 heteroatoms. The van der Waals surface area contributed by atoms with Gasteiger partial charge in [0.15, 0.2) is 0 Å². The molecule has 2 unspecified atom stereocenters. The van der Waals surface area contributed by atoms with Crippen molar-refractivity contribution in [2.45, 2.75) is 38.6 Å². The molecule has 2 rings (SSSR count). The van der Waals surface area contributed by atoms with Crippen LogP contribution in [0, 0.1) is 17.2 Å². The second-order valence-corrected chi connectivity index (χ2v) is 4.81. The lowest BCUT2D eigenvalue weighted by atomic mass is 9.85. The summed E-state index contributed by atoms with van der Waals surface area (Å²) in [6, 6.07) is 2.66. The molecular weight excluding hydrogens is 212 g/mol. The van der Waals surface area contributed by atoms with Crippen molar-refractivity contribution >= 4 is 5.82 Å². The molecule has 90 valence electrons. The number of anilines is 1. The fraction of sp³-hybridized carbons (Fsp3) is 0.615. The maximum absolute atomic E-state index is 9.07. The summed E-state index contributed by atoms with van der Waals surface area (Å²) in [4.78, 5) is 10.3. The van der Waals surface area contributed by atoms with Gasteiger partial charge in [-0.2, -0.15) is 5.26 Å². The molecule has 17 heavy (non-hydrogen) atoms. The van der Waals surface area contributed by atoms with Gasteiger partial charge in [0.2, 0.25) is 0 Å². The molecule has 1 aliphatic carbocycles. The van der Waals surface area contributed by atoms with E-state index in [1.165, 1.54) is 32.0 Å². The Balaban J connectivity index is 2.24. The largest absolute Gasteiger partial charge is 0.355 e. The predicted octanol–water partition coefficient (Wildman–Crippen LogP) is 2.36. The van der Waals surface area contributed by atoms with Crippen LogP contribution in [0.25, 0.3) is 0 Å². The van der Waals surface area contributed by atoms with E-state index in [2.05, 4.69) is 27.9 Å². The first kappa shape index (κ1) is 11.8. The minimum absolute atomic E-state index is 0.491. The summed E-state index contributed by atoms with van der Waals surface area (Å²) in [7, 11) is 2.04. The zero-order valence-corrected chi connectivity index (χ0v) is 10.4. The summed E-state index contributed by atoms with van der Waals surface area (Å²) >= 11 is 0. The van der Waals surface area contributed by atoms with Crippen LogP contribution in [0.15, 0.2) is 12.5 Å². The van der Waals surface area contributed by atoms with Crippen LogP contribution in [0.4, 0.5) is 5.82 Å². The molecule has 2 atom stereocenters. The number of aromatic nitrogens is 2. The molecule has 1 fully saturated rings. The lowest BCUT2D eigenvalue weighted by Gasteiger charge is -2.37. The maximum atomic E-state index is 9.07. The average Bonchev–Trinajstić information content (AvgIpc) is 2.38. The van der Waals surface area contributed by atoms with Crippen LogP contribution >= 0.6 is 0 Å². The van der Waals surface area contributed by atoms with Crippen LogP contribution in [0.3, 0.4) is 0 Å². The van der Waals surface area contributed by atoms with Gasteiger partial charge in [-0.15, -0.1) is 0 Å². The number of nitriles is 1. The zero-order chi connectivity index (χ0) is 12.3. The number of nitrogens with zero attached hydrogens (tertiary/aromatic N) is 4. The lowest BCUT2D eigenvalue weighted by molar-refractivity contribution is 0.320. The van der Waals surface area contributed by atoms with Gasteiger partial charge in [0.25, 0.3) is 0 Å². The Kier molecular flexibility index (Phi) is 3.58. The van der Waals surface area contributed by atoms with Gasteiger partial charge in [-0.25, -0.2) is 9.97 Å². The Morgan fingerprint density at radius 1 is 1.41 bits per heavy atom. The van der Waals surface area contributed by atoms with E-state index in [0.29, 0.717) is 17.5 Å². The molecule has 1 aliphatic rings. The first-order valence-corrected chi connectivity index (χ1v) is 6.17. The highest BCUT2D eigenvalue weighted by Crippen LogP contribution is 2.30. The van der Waals surface area contributed by atoms with Gasteiger partial charge in [-0.05, 0) is 18.8 Å². The van der Waals surface area contributed by atoms with E-state index in [9.17, 15) is 0 Å². The average molecular weight is 230 g/mol. The van der Waals surface area contributed by atoms with Crippen LogP contribution in [0.2, 0.25) is 0 Å². The third kappa shape index (κ3) is 2.38. The Bertz CT molecular complexity index is 424. The minimum atomic E-state index is 0.491. The fourth-order valence-electron chi connectivity index (χ4n) is 2.71. The minimum Gasteiger partial charge on any atom is -0.355 e. The molecule has 1 heterocycles. The molecule has 4 nitrogen and oxygen atoms in total. The molecule has 1 aromatic rings. The van der Waals surface area contributed by atoms with Crippen molar-refractivity contribution in [2.75, 3.05) is 11.9 Å². The van der Waals surface area contributed by atoms with E-state index in [0.717, 1.165) is 5.82 Å².